The maximum Gasteiger partial charge on any atom is 0.126 e. The molecule has 2 heterocycles. The highest BCUT2D eigenvalue weighted by Crippen LogP contribution is 2.19. The van der Waals surface area contributed by atoms with E-state index in [1.165, 1.54) is 17.3 Å². The second-order valence-electron chi connectivity index (χ2n) is 6.77. The minimum Gasteiger partial charge on any atom is -0.369 e. The first-order valence-corrected chi connectivity index (χ1v) is 13.8. The van der Waals surface area contributed by atoms with Crippen LogP contribution in [0.3, 0.4) is 0 Å². The van der Waals surface area contributed by atoms with Crippen molar-refractivity contribution in [1.29, 1.82) is 0 Å². The molecule has 0 amide bonds. The highest BCUT2D eigenvalue weighted by atomic mass is 19.1. The Morgan fingerprint density at radius 3 is 1.26 bits per heavy atom. The summed E-state index contributed by atoms with van der Waals surface area (Å²) in [5, 5.41) is 9.81. The van der Waals surface area contributed by atoms with Crippen LogP contribution in [0.5, 0.6) is 0 Å². The third-order valence-corrected chi connectivity index (χ3v) is 4.61. The number of anilines is 1. The molecule has 4 rings (SSSR count). The number of hydrogen-bond donors (Lipinski definition) is 3. The van der Waals surface area contributed by atoms with Crippen LogP contribution in [-0.4, -0.2) is 52.4 Å². The molecule has 3 N–H and O–H groups in total. The minimum absolute atomic E-state index is 0.132. The lowest BCUT2D eigenvalue weighted by atomic mass is 10.1. The third kappa shape index (κ3) is 20.0. The molecular formula is C30H57FN4. The standard InChI is InChI=1S/C11H16N2.C7H7F.C4H10N2.4C2H6/c1-10-4-2-3-5-11(10)13-8-6-12-7-9-13;1-6-4-2-3-5-7(6)8;1-2-6-4-3-5-1;4*1-2/h2-5,12H,6-9H2,1H3;2-5H,1H3;5-6H,1-4H2;4*1-2H3. The SMILES string of the molecule is C1CNCCN1.CC.CC.CC.CC.Cc1ccccc1F.Cc1ccccc1N1CCNCC1. The highest BCUT2D eigenvalue weighted by Gasteiger charge is 2.11. The van der Waals surface area contributed by atoms with Crippen LogP contribution >= 0.6 is 0 Å². The molecule has 0 unspecified atom stereocenters. The Morgan fingerprint density at radius 1 is 0.543 bits per heavy atom. The predicted octanol–water partition coefficient (Wildman–Crippen LogP) is 6.82. The van der Waals surface area contributed by atoms with Gasteiger partial charge in [0.05, 0.1) is 0 Å². The maximum atomic E-state index is 12.3. The van der Waals surface area contributed by atoms with Gasteiger partial charge in [0, 0.05) is 58.0 Å². The number of halogens is 1. The molecule has 0 radical (unpaired) electrons. The molecule has 2 aliphatic rings. The minimum atomic E-state index is -0.132. The van der Waals surface area contributed by atoms with Crippen molar-refractivity contribution >= 4 is 5.69 Å². The lowest BCUT2D eigenvalue weighted by Crippen LogP contribution is -2.43. The number of piperazine rings is 2. The van der Waals surface area contributed by atoms with Crippen molar-refractivity contribution in [1.82, 2.24) is 16.0 Å². The Balaban J connectivity index is -0.000000403. The van der Waals surface area contributed by atoms with Gasteiger partial charge in [0.15, 0.2) is 0 Å². The van der Waals surface area contributed by atoms with E-state index in [-0.39, 0.29) is 5.82 Å². The number of benzene rings is 2. The number of rotatable bonds is 1. The van der Waals surface area contributed by atoms with Crippen LogP contribution in [0, 0.1) is 19.7 Å². The van der Waals surface area contributed by atoms with Gasteiger partial charge in [-0.3, -0.25) is 0 Å². The van der Waals surface area contributed by atoms with E-state index in [1.54, 1.807) is 19.1 Å². The van der Waals surface area contributed by atoms with Gasteiger partial charge in [0.1, 0.15) is 5.82 Å². The molecule has 0 spiro atoms. The zero-order chi connectivity index (χ0) is 27.3. The van der Waals surface area contributed by atoms with Gasteiger partial charge in [0.25, 0.3) is 0 Å². The van der Waals surface area contributed by atoms with E-state index in [9.17, 15) is 4.39 Å². The number of nitrogens with zero attached hydrogens (tertiary/aromatic N) is 1. The van der Waals surface area contributed by atoms with Crippen LogP contribution in [0.4, 0.5) is 10.1 Å². The average molecular weight is 493 g/mol. The summed E-state index contributed by atoms with van der Waals surface area (Å²) in [6.45, 7) is 28.9. The van der Waals surface area contributed by atoms with Gasteiger partial charge < -0.3 is 20.9 Å². The summed E-state index contributed by atoms with van der Waals surface area (Å²) in [7, 11) is 0. The maximum absolute atomic E-state index is 12.3. The number of aryl methyl sites for hydroxylation is 2. The van der Waals surface area contributed by atoms with Gasteiger partial charge in [-0.15, -0.1) is 0 Å². The van der Waals surface area contributed by atoms with E-state index in [4.69, 9.17) is 0 Å². The Morgan fingerprint density at radius 2 is 0.914 bits per heavy atom. The summed E-state index contributed by atoms with van der Waals surface area (Å²) in [5.74, 6) is -0.132. The molecule has 2 aromatic carbocycles. The zero-order valence-corrected chi connectivity index (χ0v) is 24.6. The fraction of sp³-hybridized carbons (Fsp3) is 0.600. The number of hydrogen-bond acceptors (Lipinski definition) is 4. The van der Waals surface area contributed by atoms with Crippen LogP contribution in [0.2, 0.25) is 0 Å². The van der Waals surface area contributed by atoms with Crippen molar-refractivity contribution in [3.05, 3.63) is 65.5 Å². The third-order valence-electron chi connectivity index (χ3n) is 4.61. The van der Waals surface area contributed by atoms with Gasteiger partial charge >= 0.3 is 0 Å². The smallest absolute Gasteiger partial charge is 0.126 e. The molecule has 2 saturated heterocycles. The molecule has 0 aromatic heterocycles. The van der Waals surface area contributed by atoms with Gasteiger partial charge in [0.2, 0.25) is 0 Å². The molecule has 4 nitrogen and oxygen atoms in total. The van der Waals surface area contributed by atoms with E-state index in [0.29, 0.717) is 5.56 Å². The van der Waals surface area contributed by atoms with Crippen LogP contribution < -0.4 is 20.9 Å². The first kappa shape index (κ1) is 37.6. The molecule has 2 aliphatic heterocycles. The molecular weight excluding hydrogens is 435 g/mol. The summed E-state index contributed by atoms with van der Waals surface area (Å²) in [6, 6.07) is 15.3. The van der Waals surface area contributed by atoms with Crippen molar-refractivity contribution in [3.8, 4) is 0 Å². The molecule has 0 aliphatic carbocycles. The fourth-order valence-corrected chi connectivity index (χ4v) is 2.98. The Labute approximate surface area is 218 Å². The summed E-state index contributed by atoms with van der Waals surface area (Å²) in [4.78, 5) is 2.45. The Kier molecular flexibility index (Phi) is 32.3. The molecule has 2 aromatic rings. The first-order chi connectivity index (χ1) is 17.2. The molecule has 204 valence electrons. The highest BCUT2D eigenvalue weighted by molar-refractivity contribution is 5.53. The van der Waals surface area contributed by atoms with Gasteiger partial charge in [-0.1, -0.05) is 91.8 Å². The fourth-order valence-electron chi connectivity index (χ4n) is 2.98. The van der Waals surface area contributed by atoms with Crippen molar-refractivity contribution in [2.75, 3.05) is 57.3 Å². The quantitative estimate of drug-likeness (QED) is 0.408. The van der Waals surface area contributed by atoms with Crippen LogP contribution in [-0.2, 0) is 0 Å². The molecule has 0 atom stereocenters. The van der Waals surface area contributed by atoms with Crippen LogP contribution in [0.15, 0.2) is 48.5 Å². The van der Waals surface area contributed by atoms with Crippen LogP contribution in [0.25, 0.3) is 0 Å². The average Bonchev–Trinajstić information content (AvgIpc) is 2.97. The van der Waals surface area contributed by atoms with Crippen molar-refractivity contribution in [2.45, 2.75) is 69.2 Å². The Bertz CT molecular complexity index is 622. The lowest BCUT2D eigenvalue weighted by Gasteiger charge is -2.30. The van der Waals surface area contributed by atoms with E-state index in [1.807, 2.05) is 61.5 Å². The topological polar surface area (TPSA) is 39.3 Å². The first-order valence-electron chi connectivity index (χ1n) is 13.8. The van der Waals surface area contributed by atoms with Gasteiger partial charge in [-0.2, -0.15) is 0 Å². The van der Waals surface area contributed by atoms with Crippen LogP contribution in [0.1, 0.15) is 66.5 Å². The summed E-state index contributed by atoms with van der Waals surface area (Å²) in [5.41, 5.74) is 3.47. The number of nitrogens with one attached hydrogen (secondary N) is 3. The van der Waals surface area contributed by atoms with Gasteiger partial charge in [-0.25, -0.2) is 4.39 Å². The number of para-hydroxylation sites is 1. The summed E-state index contributed by atoms with van der Waals surface area (Å²) >= 11 is 0. The largest absolute Gasteiger partial charge is 0.369 e. The van der Waals surface area contributed by atoms with Crippen molar-refractivity contribution < 1.29 is 4.39 Å². The normalized spacial score (nSPS) is 13.4. The summed E-state index contributed by atoms with van der Waals surface area (Å²) < 4.78 is 12.3. The van der Waals surface area contributed by atoms with E-state index < -0.39 is 0 Å². The molecule has 2 fully saturated rings. The predicted molar refractivity (Wildman–Crippen MR) is 159 cm³/mol. The van der Waals surface area contributed by atoms with Crippen molar-refractivity contribution in [2.24, 2.45) is 0 Å². The lowest BCUT2D eigenvalue weighted by molar-refractivity contribution is 0.534. The monoisotopic (exact) mass is 492 g/mol. The molecule has 35 heavy (non-hydrogen) atoms. The molecule has 0 saturated carbocycles. The van der Waals surface area contributed by atoms with Crippen molar-refractivity contribution in [3.63, 3.8) is 0 Å². The Hall–Kier alpha value is -1.95. The second kappa shape index (κ2) is 30.1. The second-order valence-corrected chi connectivity index (χ2v) is 6.77. The van der Waals surface area contributed by atoms with Gasteiger partial charge in [-0.05, 0) is 37.1 Å². The molecule has 0 bridgehead atoms. The van der Waals surface area contributed by atoms with E-state index in [2.05, 4.69) is 52.0 Å². The van der Waals surface area contributed by atoms with E-state index in [0.717, 1.165) is 52.4 Å². The zero-order valence-electron chi connectivity index (χ0n) is 24.6. The molecule has 5 heteroatoms. The summed E-state index contributed by atoms with van der Waals surface area (Å²) in [6.07, 6.45) is 0. The van der Waals surface area contributed by atoms with E-state index >= 15 is 0 Å².